The maximum atomic E-state index is 12.0. The van der Waals surface area contributed by atoms with Gasteiger partial charge in [-0.15, -0.1) is 0 Å². The third kappa shape index (κ3) is 3.45. The minimum absolute atomic E-state index is 0.0207. The largest absolute Gasteiger partial charge is 0.399 e. The van der Waals surface area contributed by atoms with Gasteiger partial charge in [0.15, 0.2) is 11.6 Å². The minimum atomic E-state index is -0.0343. The number of carbonyl (C=O) groups is 2. The zero-order valence-electron chi connectivity index (χ0n) is 11.2. The maximum Gasteiger partial charge on any atom is 0.181 e. The Balaban J connectivity index is 1.98. The molecule has 0 saturated heterocycles. The number of carbonyl (C=O) groups excluding carboxylic acids is 2. The van der Waals surface area contributed by atoms with Gasteiger partial charge in [-0.3, -0.25) is 9.59 Å². The van der Waals surface area contributed by atoms with E-state index < -0.39 is 0 Å². The number of hydrogen-bond acceptors (Lipinski definition) is 4. The summed E-state index contributed by atoms with van der Waals surface area (Å²) in [5.74, 6) is -0.0136. The van der Waals surface area contributed by atoms with E-state index in [0.717, 1.165) is 5.69 Å². The molecule has 4 heteroatoms. The third-order valence-electron chi connectivity index (χ3n) is 2.95. The fourth-order valence-corrected chi connectivity index (χ4v) is 1.82. The lowest BCUT2D eigenvalue weighted by molar-refractivity contribution is 0.100. The fourth-order valence-electron chi connectivity index (χ4n) is 1.82. The van der Waals surface area contributed by atoms with E-state index in [-0.39, 0.29) is 18.1 Å². The molecule has 0 aliphatic heterocycles. The first kappa shape index (κ1) is 13.8. The zero-order chi connectivity index (χ0) is 14.5. The smallest absolute Gasteiger partial charge is 0.181 e. The topological polar surface area (TPSA) is 72.2 Å². The lowest BCUT2D eigenvalue weighted by Crippen LogP contribution is -2.14. The lowest BCUT2D eigenvalue weighted by Gasteiger charge is -2.07. The summed E-state index contributed by atoms with van der Waals surface area (Å²) in [5, 5.41) is 3.03. The Morgan fingerprint density at radius 1 is 1.05 bits per heavy atom. The molecular weight excluding hydrogens is 252 g/mol. The van der Waals surface area contributed by atoms with E-state index in [2.05, 4.69) is 5.32 Å². The van der Waals surface area contributed by atoms with Crippen LogP contribution in [0.4, 0.5) is 11.4 Å². The van der Waals surface area contributed by atoms with Crippen LogP contribution in [0.2, 0.25) is 0 Å². The Hall–Kier alpha value is -2.62. The molecule has 0 aliphatic rings. The number of ketones is 2. The van der Waals surface area contributed by atoms with Gasteiger partial charge in [-0.25, -0.2) is 0 Å². The van der Waals surface area contributed by atoms with Crippen molar-refractivity contribution < 1.29 is 9.59 Å². The van der Waals surface area contributed by atoms with Crippen LogP contribution >= 0.6 is 0 Å². The molecular formula is C16H16N2O2. The molecule has 3 N–H and O–H groups in total. The van der Waals surface area contributed by atoms with Crippen LogP contribution in [0.25, 0.3) is 0 Å². The Kier molecular flexibility index (Phi) is 4.15. The molecule has 0 atom stereocenters. The van der Waals surface area contributed by atoms with E-state index in [1.165, 1.54) is 6.92 Å². The third-order valence-corrected chi connectivity index (χ3v) is 2.95. The van der Waals surface area contributed by atoms with Crippen LogP contribution < -0.4 is 11.1 Å². The Morgan fingerprint density at radius 3 is 2.35 bits per heavy atom. The van der Waals surface area contributed by atoms with Crippen molar-refractivity contribution in [2.75, 3.05) is 17.6 Å². The van der Waals surface area contributed by atoms with Gasteiger partial charge in [0.05, 0.1) is 6.54 Å². The van der Waals surface area contributed by atoms with Crippen molar-refractivity contribution in [1.29, 1.82) is 0 Å². The molecule has 102 valence electrons. The average Bonchev–Trinajstić information content (AvgIpc) is 2.45. The second-order valence-corrected chi connectivity index (χ2v) is 4.54. The van der Waals surface area contributed by atoms with Gasteiger partial charge in [0.1, 0.15) is 0 Å². The van der Waals surface area contributed by atoms with Crippen molar-refractivity contribution in [3.05, 3.63) is 59.7 Å². The van der Waals surface area contributed by atoms with Gasteiger partial charge in [0, 0.05) is 22.5 Å². The van der Waals surface area contributed by atoms with Crippen molar-refractivity contribution in [3.8, 4) is 0 Å². The molecule has 0 heterocycles. The number of Topliss-reactive ketones (excluding diaryl/α,β-unsaturated/α-hetero) is 2. The van der Waals surface area contributed by atoms with E-state index in [9.17, 15) is 9.59 Å². The summed E-state index contributed by atoms with van der Waals surface area (Å²) in [6.45, 7) is 1.70. The highest BCUT2D eigenvalue weighted by Gasteiger charge is 2.06. The summed E-state index contributed by atoms with van der Waals surface area (Å²) >= 11 is 0. The van der Waals surface area contributed by atoms with Crippen LogP contribution in [0.5, 0.6) is 0 Å². The van der Waals surface area contributed by atoms with Gasteiger partial charge in [0.25, 0.3) is 0 Å². The summed E-state index contributed by atoms with van der Waals surface area (Å²) in [6, 6.07) is 13.9. The van der Waals surface area contributed by atoms with E-state index in [0.29, 0.717) is 16.8 Å². The monoisotopic (exact) mass is 268 g/mol. The molecule has 4 nitrogen and oxygen atoms in total. The van der Waals surface area contributed by atoms with Crippen molar-refractivity contribution in [2.45, 2.75) is 6.92 Å². The fraction of sp³-hybridized carbons (Fsp3) is 0.125. The Bertz CT molecular complexity index is 633. The van der Waals surface area contributed by atoms with Gasteiger partial charge in [0.2, 0.25) is 0 Å². The molecule has 2 aromatic rings. The molecule has 0 amide bonds. The van der Waals surface area contributed by atoms with Crippen molar-refractivity contribution in [3.63, 3.8) is 0 Å². The van der Waals surface area contributed by atoms with E-state index >= 15 is 0 Å². The van der Waals surface area contributed by atoms with Crippen LogP contribution in [0.1, 0.15) is 27.6 Å². The summed E-state index contributed by atoms with van der Waals surface area (Å²) in [7, 11) is 0. The van der Waals surface area contributed by atoms with Crippen molar-refractivity contribution >= 4 is 22.9 Å². The van der Waals surface area contributed by atoms with Gasteiger partial charge in [-0.2, -0.15) is 0 Å². The predicted molar refractivity (Wildman–Crippen MR) is 80.1 cm³/mol. The minimum Gasteiger partial charge on any atom is -0.399 e. The number of benzene rings is 2. The Labute approximate surface area is 117 Å². The summed E-state index contributed by atoms with van der Waals surface area (Å²) in [5.41, 5.74) is 8.25. The van der Waals surface area contributed by atoms with Gasteiger partial charge < -0.3 is 11.1 Å². The van der Waals surface area contributed by atoms with Crippen LogP contribution in [0, 0.1) is 0 Å². The number of nitrogen functional groups attached to an aromatic ring is 1. The van der Waals surface area contributed by atoms with Gasteiger partial charge >= 0.3 is 0 Å². The normalized spacial score (nSPS) is 10.1. The second-order valence-electron chi connectivity index (χ2n) is 4.54. The molecule has 20 heavy (non-hydrogen) atoms. The van der Waals surface area contributed by atoms with Crippen LogP contribution in [0.15, 0.2) is 48.5 Å². The predicted octanol–water partition coefficient (Wildman–Crippen LogP) is 2.77. The standard InChI is InChI=1S/C16H16N2O2/c1-11(19)12-5-7-15(8-6-12)18-10-16(20)13-3-2-4-14(17)9-13/h2-9,18H,10,17H2,1H3. The van der Waals surface area contributed by atoms with E-state index in [4.69, 9.17) is 5.73 Å². The molecule has 0 aliphatic carbocycles. The molecule has 0 saturated carbocycles. The molecule has 0 spiro atoms. The van der Waals surface area contributed by atoms with E-state index in [1.807, 2.05) is 0 Å². The number of rotatable bonds is 5. The van der Waals surface area contributed by atoms with Gasteiger partial charge in [-0.05, 0) is 43.3 Å². The van der Waals surface area contributed by atoms with Crippen LogP contribution in [0.3, 0.4) is 0 Å². The molecule has 0 fully saturated rings. The van der Waals surface area contributed by atoms with Crippen molar-refractivity contribution in [1.82, 2.24) is 0 Å². The van der Waals surface area contributed by atoms with Crippen molar-refractivity contribution in [2.24, 2.45) is 0 Å². The van der Waals surface area contributed by atoms with Gasteiger partial charge in [-0.1, -0.05) is 12.1 Å². The maximum absolute atomic E-state index is 12.0. The molecule has 2 aromatic carbocycles. The van der Waals surface area contributed by atoms with Crippen LogP contribution in [-0.2, 0) is 0 Å². The lowest BCUT2D eigenvalue weighted by atomic mass is 10.1. The summed E-state index contributed by atoms with van der Waals surface area (Å²) in [6.07, 6.45) is 0. The number of hydrogen-bond donors (Lipinski definition) is 2. The summed E-state index contributed by atoms with van der Waals surface area (Å²) < 4.78 is 0. The molecule has 0 bridgehead atoms. The highest BCUT2D eigenvalue weighted by atomic mass is 16.1. The highest BCUT2D eigenvalue weighted by Crippen LogP contribution is 2.11. The quantitative estimate of drug-likeness (QED) is 0.646. The number of nitrogens with two attached hydrogens (primary N) is 1. The molecule has 0 radical (unpaired) electrons. The highest BCUT2D eigenvalue weighted by molar-refractivity contribution is 5.99. The van der Waals surface area contributed by atoms with E-state index in [1.54, 1.807) is 48.5 Å². The molecule has 0 aromatic heterocycles. The SMILES string of the molecule is CC(=O)c1ccc(NCC(=O)c2cccc(N)c2)cc1. The average molecular weight is 268 g/mol. The zero-order valence-corrected chi connectivity index (χ0v) is 11.2. The first-order valence-electron chi connectivity index (χ1n) is 6.30. The molecule has 2 rings (SSSR count). The van der Waals surface area contributed by atoms with Crippen LogP contribution in [-0.4, -0.2) is 18.1 Å². The summed E-state index contributed by atoms with van der Waals surface area (Å²) in [4.78, 5) is 23.1. The second kappa shape index (κ2) is 6.02. The first-order valence-corrected chi connectivity index (χ1v) is 6.30. The Morgan fingerprint density at radius 2 is 1.75 bits per heavy atom. The number of nitrogens with one attached hydrogen (secondary N) is 1. The first-order chi connectivity index (χ1) is 9.56. The number of anilines is 2. The molecule has 0 unspecified atom stereocenters.